The van der Waals surface area contributed by atoms with Crippen LogP contribution in [0.3, 0.4) is 0 Å². The summed E-state index contributed by atoms with van der Waals surface area (Å²) in [6.45, 7) is 4.70. The molecule has 3 fully saturated rings. The summed E-state index contributed by atoms with van der Waals surface area (Å²) in [5.41, 5.74) is 1.13. The van der Waals surface area contributed by atoms with Gasteiger partial charge in [0.15, 0.2) is 0 Å². The molecule has 3 aliphatic rings. The Morgan fingerprint density at radius 3 is 3.07 bits per heavy atom. The van der Waals surface area contributed by atoms with Gasteiger partial charge in [0.05, 0.1) is 6.10 Å². The van der Waals surface area contributed by atoms with E-state index in [0.29, 0.717) is 13.0 Å². The van der Waals surface area contributed by atoms with E-state index in [1.807, 2.05) is 4.90 Å². The summed E-state index contributed by atoms with van der Waals surface area (Å²) in [5, 5.41) is 9.91. The Hall–Kier alpha value is -0.830. The fourth-order valence-corrected chi connectivity index (χ4v) is 3.60. The monoisotopic (exact) mass is 207 g/mol. The summed E-state index contributed by atoms with van der Waals surface area (Å²) in [5.74, 6) is 0.520. The minimum atomic E-state index is -0.221. The fraction of sp³-hybridized carbons (Fsp3) is 0.750. The number of carbonyl (C=O) groups is 1. The maximum atomic E-state index is 11.8. The smallest absolute Gasteiger partial charge is 0.223 e. The third kappa shape index (κ3) is 1.13. The largest absolute Gasteiger partial charge is 0.393 e. The van der Waals surface area contributed by atoms with E-state index < -0.39 is 0 Å². The van der Waals surface area contributed by atoms with Crippen LogP contribution in [0, 0.1) is 5.92 Å². The van der Waals surface area contributed by atoms with E-state index in [9.17, 15) is 9.90 Å². The van der Waals surface area contributed by atoms with Gasteiger partial charge in [-0.25, -0.2) is 0 Å². The van der Waals surface area contributed by atoms with E-state index in [1.54, 1.807) is 0 Å². The second-order valence-corrected chi connectivity index (χ2v) is 5.28. The molecule has 3 atom stereocenters. The zero-order chi connectivity index (χ0) is 10.6. The summed E-state index contributed by atoms with van der Waals surface area (Å²) in [6, 6.07) is 0. The van der Waals surface area contributed by atoms with E-state index in [-0.39, 0.29) is 23.5 Å². The summed E-state index contributed by atoms with van der Waals surface area (Å²) in [6.07, 6.45) is 4.20. The molecule has 0 aromatic heterocycles. The zero-order valence-electron chi connectivity index (χ0n) is 8.91. The molecule has 3 rings (SSSR count). The first-order valence-electron chi connectivity index (χ1n) is 5.79. The van der Waals surface area contributed by atoms with E-state index in [4.69, 9.17) is 0 Å². The molecule has 0 aromatic carbocycles. The van der Waals surface area contributed by atoms with Crippen LogP contribution in [-0.4, -0.2) is 34.1 Å². The van der Waals surface area contributed by atoms with Crippen molar-refractivity contribution < 1.29 is 9.90 Å². The first-order valence-corrected chi connectivity index (χ1v) is 5.79. The average molecular weight is 207 g/mol. The Morgan fingerprint density at radius 1 is 1.47 bits per heavy atom. The molecular weight excluding hydrogens is 190 g/mol. The Bertz CT molecular complexity index is 339. The van der Waals surface area contributed by atoms with E-state index in [2.05, 4.69) is 6.58 Å². The van der Waals surface area contributed by atoms with Gasteiger partial charge in [0.1, 0.15) is 0 Å². The van der Waals surface area contributed by atoms with Crippen LogP contribution < -0.4 is 0 Å². The van der Waals surface area contributed by atoms with Crippen LogP contribution in [0.4, 0.5) is 0 Å². The highest BCUT2D eigenvalue weighted by Crippen LogP contribution is 2.49. The summed E-state index contributed by atoms with van der Waals surface area (Å²) < 4.78 is 0. The molecule has 3 heteroatoms. The van der Waals surface area contributed by atoms with Crippen molar-refractivity contribution in [2.75, 3.05) is 6.54 Å². The number of aliphatic hydroxyl groups is 1. The molecule has 2 saturated heterocycles. The second-order valence-electron chi connectivity index (χ2n) is 5.28. The predicted molar refractivity (Wildman–Crippen MR) is 56.2 cm³/mol. The lowest BCUT2D eigenvalue weighted by atomic mass is 9.67. The number of hydrogen-bond acceptors (Lipinski definition) is 2. The van der Waals surface area contributed by atoms with Crippen LogP contribution in [0.25, 0.3) is 0 Å². The highest BCUT2D eigenvalue weighted by molar-refractivity contribution is 5.80. The van der Waals surface area contributed by atoms with Crippen LogP contribution in [0.2, 0.25) is 0 Å². The molecule has 0 aromatic rings. The maximum absolute atomic E-state index is 11.8. The van der Waals surface area contributed by atoms with Crippen molar-refractivity contribution in [3.8, 4) is 0 Å². The lowest BCUT2D eigenvalue weighted by Crippen LogP contribution is -2.57. The van der Waals surface area contributed by atoms with Gasteiger partial charge >= 0.3 is 0 Å². The van der Waals surface area contributed by atoms with Crippen LogP contribution in [0.15, 0.2) is 12.2 Å². The number of nitrogens with zero attached hydrogens (tertiary/aromatic N) is 1. The molecule has 2 heterocycles. The number of aliphatic hydroxyl groups excluding tert-OH is 1. The third-order valence-electron chi connectivity index (χ3n) is 4.53. The molecule has 0 radical (unpaired) electrons. The lowest BCUT2D eigenvalue weighted by molar-refractivity contribution is -0.135. The molecule has 1 aliphatic carbocycles. The van der Waals surface area contributed by atoms with Crippen molar-refractivity contribution in [3.05, 3.63) is 12.2 Å². The average Bonchev–Trinajstić information content (AvgIpc) is 2.52. The Morgan fingerprint density at radius 2 is 2.27 bits per heavy atom. The Kier molecular flexibility index (Phi) is 1.78. The number of carbonyl (C=O) groups excluding carboxylic acids is 1. The molecule has 2 aliphatic heterocycles. The van der Waals surface area contributed by atoms with Gasteiger partial charge < -0.3 is 10.0 Å². The van der Waals surface area contributed by atoms with Crippen LogP contribution >= 0.6 is 0 Å². The minimum Gasteiger partial charge on any atom is -0.393 e. The Balaban J connectivity index is 1.97. The van der Waals surface area contributed by atoms with Crippen molar-refractivity contribution in [1.29, 1.82) is 0 Å². The highest BCUT2D eigenvalue weighted by atomic mass is 16.3. The van der Waals surface area contributed by atoms with Gasteiger partial charge in [0, 0.05) is 24.4 Å². The third-order valence-corrected chi connectivity index (χ3v) is 4.53. The molecule has 1 spiro atoms. The van der Waals surface area contributed by atoms with Crippen molar-refractivity contribution >= 4 is 5.91 Å². The lowest BCUT2D eigenvalue weighted by Gasteiger charge is -2.51. The van der Waals surface area contributed by atoms with E-state index in [0.717, 1.165) is 31.3 Å². The molecule has 1 amide bonds. The van der Waals surface area contributed by atoms with Gasteiger partial charge in [0.2, 0.25) is 5.91 Å². The molecule has 1 unspecified atom stereocenters. The molecule has 82 valence electrons. The van der Waals surface area contributed by atoms with Crippen LogP contribution in [-0.2, 0) is 4.79 Å². The zero-order valence-corrected chi connectivity index (χ0v) is 8.91. The van der Waals surface area contributed by atoms with Gasteiger partial charge in [0.25, 0.3) is 0 Å². The summed E-state index contributed by atoms with van der Waals surface area (Å²) in [4.78, 5) is 13.8. The molecule has 15 heavy (non-hydrogen) atoms. The Labute approximate surface area is 89.8 Å². The second kappa shape index (κ2) is 2.85. The topological polar surface area (TPSA) is 40.5 Å². The molecule has 1 saturated carbocycles. The normalized spacial score (nSPS) is 44.5. The van der Waals surface area contributed by atoms with Crippen LogP contribution in [0.1, 0.15) is 32.1 Å². The molecule has 3 nitrogen and oxygen atoms in total. The van der Waals surface area contributed by atoms with E-state index >= 15 is 0 Å². The van der Waals surface area contributed by atoms with Gasteiger partial charge in [-0.05, 0) is 25.7 Å². The SMILES string of the molecule is C=C1CN2C(=O)CC[C@@]23CCC(O)[C@@H]1C3. The fourth-order valence-electron chi connectivity index (χ4n) is 3.60. The van der Waals surface area contributed by atoms with Crippen molar-refractivity contribution in [3.63, 3.8) is 0 Å². The summed E-state index contributed by atoms with van der Waals surface area (Å²) in [7, 11) is 0. The highest BCUT2D eigenvalue weighted by Gasteiger charge is 2.53. The maximum Gasteiger partial charge on any atom is 0.223 e. The van der Waals surface area contributed by atoms with Gasteiger partial charge in [-0.2, -0.15) is 0 Å². The van der Waals surface area contributed by atoms with Crippen molar-refractivity contribution in [2.45, 2.75) is 43.7 Å². The molecular formula is C12H17NO2. The molecule has 1 N–H and O–H groups in total. The van der Waals surface area contributed by atoms with E-state index in [1.165, 1.54) is 0 Å². The number of hydrogen-bond donors (Lipinski definition) is 1. The number of fused-ring (bicyclic) bond motifs is 1. The quantitative estimate of drug-likeness (QED) is 0.604. The van der Waals surface area contributed by atoms with Gasteiger partial charge in [-0.3, -0.25) is 4.79 Å². The number of piperidine rings is 1. The van der Waals surface area contributed by atoms with Crippen molar-refractivity contribution in [2.24, 2.45) is 5.92 Å². The first kappa shape index (κ1) is 9.40. The van der Waals surface area contributed by atoms with Gasteiger partial charge in [-0.1, -0.05) is 12.2 Å². The number of amides is 1. The molecule has 2 bridgehead atoms. The van der Waals surface area contributed by atoms with Gasteiger partial charge in [-0.15, -0.1) is 0 Å². The minimum absolute atomic E-state index is 0.0855. The van der Waals surface area contributed by atoms with Crippen LogP contribution in [0.5, 0.6) is 0 Å². The van der Waals surface area contributed by atoms with Crippen molar-refractivity contribution in [1.82, 2.24) is 4.90 Å². The first-order chi connectivity index (χ1) is 7.12. The predicted octanol–water partition coefficient (Wildman–Crippen LogP) is 1.08. The summed E-state index contributed by atoms with van der Waals surface area (Å²) >= 11 is 0. The number of rotatable bonds is 0. The standard InChI is InChI=1S/C12H17NO2/c1-8-7-13-11(15)3-5-12(13)4-2-10(14)9(8)6-12/h9-10,14H,1-7H2/t9-,10?,12-/m1/s1.